The smallest absolute Gasteiger partial charge is 0.338 e. The first-order valence-electron chi connectivity index (χ1n) is 5.65. The minimum atomic E-state index is -1.44. The van der Waals surface area contributed by atoms with Crippen LogP contribution in [-0.4, -0.2) is 54.4 Å². The van der Waals surface area contributed by atoms with Crippen molar-refractivity contribution in [1.29, 1.82) is 0 Å². The Morgan fingerprint density at radius 1 is 1.69 bits per heavy atom. The Kier molecular flexibility index (Phi) is 4.29. The molecule has 1 saturated heterocycles. The number of methoxy groups -OCH3 is 1. The summed E-state index contributed by atoms with van der Waals surface area (Å²) in [5.41, 5.74) is 4.19. The number of aliphatic hydroxyl groups is 1. The molecule has 3 unspecified atom stereocenters. The number of nitrogens with two attached hydrogens (primary N) is 1. The predicted octanol–water partition coefficient (Wildman–Crippen LogP) is -0.420. The van der Waals surface area contributed by atoms with Crippen molar-refractivity contribution >= 4 is 5.97 Å². The van der Waals surface area contributed by atoms with E-state index in [0.29, 0.717) is 25.0 Å². The van der Waals surface area contributed by atoms with Crippen molar-refractivity contribution in [3.8, 4) is 0 Å². The highest BCUT2D eigenvalue weighted by Gasteiger charge is 2.38. The quantitative estimate of drug-likeness (QED) is 0.642. The molecule has 0 aromatic heterocycles. The number of rotatable bonds is 4. The van der Waals surface area contributed by atoms with Gasteiger partial charge in [0, 0.05) is 19.1 Å². The first-order valence-corrected chi connectivity index (χ1v) is 5.65. The van der Waals surface area contributed by atoms with Gasteiger partial charge in [-0.15, -0.1) is 0 Å². The summed E-state index contributed by atoms with van der Waals surface area (Å²) in [5.74, 6) is -0.126. The summed E-state index contributed by atoms with van der Waals surface area (Å²) in [4.78, 5) is 13.4. The highest BCUT2D eigenvalue weighted by Crippen LogP contribution is 2.24. The second-order valence-electron chi connectivity index (χ2n) is 4.88. The lowest BCUT2D eigenvalue weighted by molar-refractivity contribution is -0.162. The molecule has 1 heterocycles. The monoisotopic (exact) mass is 230 g/mol. The van der Waals surface area contributed by atoms with E-state index >= 15 is 0 Å². The molecule has 1 rings (SSSR count). The van der Waals surface area contributed by atoms with Gasteiger partial charge in [0.2, 0.25) is 0 Å². The molecule has 0 amide bonds. The van der Waals surface area contributed by atoms with Crippen molar-refractivity contribution in [2.24, 2.45) is 11.7 Å². The van der Waals surface area contributed by atoms with E-state index in [4.69, 9.17) is 5.73 Å². The molecule has 16 heavy (non-hydrogen) atoms. The average molecular weight is 230 g/mol. The van der Waals surface area contributed by atoms with Crippen LogP contribution in [0, 0.1) is 5.92 Å². The van der Waals surface area contributed by atoms with Gasteiger partial charge in [-0.2, -0.15) is 0 Å². The van der Waals surface area contributed by atoms with E-state index in [-0.39, 0.29) is 0 Å². The summed E-state index contributed by atoms with van der Waals surface area (Å²) in [7, 11) is 1.28. The van der Waals surface area contributed by atoms with Gasteiger partial charge in [-0.3, -0.25) is 4.90 Å². The molecule has 0 aromatic carbocycles. The van der Waals surface area contributed by atoms with Crippen LogP contribution in [0.5, 0.6) is 0 Å². The van der Waals surface area contributed by atoms with E-state index in [1.807, 2.05) is 0 Å². The van der Waals surface area contributed by atoms with Crippen LogP contribution in [0.15, 0.2) is 0 Å². The predicted molar refractivity (Wildman–Crippen MR) is 60.8 cm³/mol. The number of ether oxygens (including phenoxy) is 1. The molecule has 3 N–H and O–H groups in total. The molecule has 94 valence electrons. The zero-order valence-electron chi connectivity index (χ0n) is 10.3. The van der Waals surface area contributed by atoms with Crippen LogP contribution in [0.1, 0.15) is 20.3 Å². The fourth-order valence-corrected chi connectivity index (χ4v) is 2.29. The van der Waals surface area contributed by atoms with E-state index in [1.54, 1.807) is 0 Å². The van der Waals surface area contributed by atoms with Crippen LogP contribution >= 0.6 is 0 Å². The Labute approximate surface area is 96.6 Å². The van der Waals surface area contributed by atoms with Gasteiger partial charge >= 0.3 is 5.97 Å². The van der Waals surface area contributed by atoms with Crippen LogP contribution in [0.2, 0.25) is 0 Å². The number of hydrogen-bond acceptors (Lipinski definition) is 5. The van der Waals surface area contributed by atoms with Gasteiger partial charge in [-0.05, 0) is 32.7 Å². The number of hydrogen-bond donors (Lipinski definition) is 2. The minimum absolute atomic E-state index is 0.303. The first-order chi connectivity index (χ1) is 7.40. The molecule has 0 saturated carbocycles. The Balaban J connectivity index is 2.57. The van der Waals surface area contributed by atoms with Crippen molar-refractivity contribution in [2.75, 3.05) is 26.7 Å². The summed E-state index contributed by atoms with van der Waals surface area (Å²) in [6, 6.07) is 0.352. The van der Waals surface area contributed by atoms with Gasteiger partial charge in [0.25, 0.3) is 0 Å². The third-order valence-corrected chi connectivity index (χ3v) is 3.26. The van der Waals surface area contributed by atoms with Gasteiger partial charge in [-0.25, -0.2) is 4.79 Å². The summed E-state index contributed by atoms with van der Waals surface area (Å²) in [5, 5.41) is 9.97. The van der Waals surface area contributed by atoms with Crippen LogP contribution < -0.4 is 5.73 Å². The lowest BCUT2D eigenvalue weighted by Crippen LogP contribution is -2.48. The number of esters is 1. The van der Waals surface area contributed by atoms with E-state index in [2.05, 4.69) is 16.6 Å². The summed E-state index contributed by atoms with van der Waals surface area (Å²) >= 11 is 0. The van der Waals surface area contributed by atoms with Crippen molar-refractivity contribution in [2.45, 2.75) is 31.9 Å². The van der Waals surface area contributed by atoms with Crippen LogP contribution in [0.3, 0.4) is 0 Å². The number of likely N-dealkylation sites (tertiary alicyclic amines) is 1. The SMILES string of the molecule is COC(=O)C(C)(O)CN1CC(CN)CC1C. The molecular weight excluding hydrogens is 208 g/mol. The van der Waals surface area contributed by atoms with E-state index in [0.717, 1.165) is 13.0 Å². The van der Waals surface area contributed by atoms with Gasteiger partial charge in [0.05, 0.1) is 7.11 Å². The molecule has 5 heteroatoms. The maximum atomic E-state index is 11.4. The Bertz CT molecular complexity index is 256. The summed E-state index contributed by atoms with van der Waals surface area (Å²) < 4.78 is 4.57. The minimum Gasteiger partial charge on any atom is -0.467 e. The molecular formula is C11H22N2O3. The lowest BCUT2D eigenvalue weighted by Gasteiger charge is -2.29. The Morgan fingerprint density at radius 2 is 2.31 bits per heavy atom. The average Bonchev–Trinajstić information content (AvgIpc) is 2.57. The highest BCUT2D eigenvalue weighted by atomic mass is 16.5. The number of nitrogens with zero attached hydrogens (tertiary/aromatic N) is 1. The van der Waals surface area contributed by atoms with Crippen molar-refractivity contribution in [3.63, 3.8) is 0 Å². The molecule has 0 radical (unpaired) electrons. The van der Waals surface area contributed by atoms with Gasteiger partial charge in [0.15, 0.2) is 5.60 Å². The van der Waals surface area contributed by atoms with Gasteiger partial charge in [0.1, 0.15) is 0 Å². The standard InChI is InChI=1S/C11H22N2O3/c1-8-4-9(5-12)6-13(8)7-11(2,15)10(14)16-3/h8-9,15H,4-7,12H2,1-3H3. The number of β-amino-alcohol motifs (C(OH)–C–C–N with tert-alkyl or cyclic N) is 1. The van der Waals surface area contributed by atoms with Gasteiger partial charge < -0.3 is 15.6 Å². The summed E-state index contributed by atoms with van der Waals surface area (Å²) in [6.45, 7) is 5.37. The van der Waals surface area contributed by atoms with Crippen molar-refractivity contribution in [1.82, 2.24) is 4.90 Å². The molecule has 1 aliphatic rings. The van der Waals surface area contributed by atoms with Crippen LogP contribution in [0.25, 0.3) is 0 Å². The molecule has 0 spiro atoms. The van der Waals surface area contributed by atoms with Crippen LogP contribution in [0.4, 0.5) is 0 Å². The number of carbonyl (C=O) groups excluding carboxylic acids is 1. The lowest BCUT2D eigenvalue weighted by atomic mass is 10.1. The molecule has 1 aliphatic heterocycles. The largest absolute Gasteiger partial charge is 0.467 e. The van der Waals surface area contributed by atoms with Crippen LogP contribution in [-0.2, 0) is 9.53 Å². The topological polar surface area (TPSA) is 75.8 Å². The molecule has 0 aromatic rings. The third-order valence-electron chi connectivity index (χ3n) is 3.26. The molecule has 0 bridgehead atoms. The highest BCUT2D eigenvalue weighted by molar-refractivity contribution is 5.78. The second-order valence-corrected chi connectivity index (χ2v) is 4.88. The zero-order chi connectivity index (χ0) is 12.3. The molecule has 3 atom stereocenters. The van der Waals surface area contributed by atoms with Crippen molar-refractivity contribution in [3.05, 3.63) is 0 Å². The van der Waals surface area contributed by atoms with E-state index in [1.165, 1.54) is 14.0 Å². The van der Waals surface area contributed by atoms with Crippen molar-refractivity contribution < 1.29 is 14.6 Å². The Hall–Kier alpha value is -0.650. The summed E-state index contributed by atoms with van der Waals surface area (Å²) in [6.07, 6.45) is 1.02. The molecule has 5 nitrogen and oxygen atoms in total. The third kappa shape index (κ3) is 2.93. The zero-order valence-corrected chi connectivity index (χ0v) is 10.3. The molecule has 1 fully saturated rings. The fraction of sp³-hybridized carbons (Fsp3) is 0.909. The van der Waals surface area contributed by atoms with Gasteiger partial charge in [-0.1, -0.05) is 0 Å². The molecule has 0 aliphatic carbocycles. The fourth-order valence-electron chi connectivity index (χ4n) is 2.29. The Morgan fingerprint density at radius 3 is 2.75 bits per heavy atom. The maximum Gasteiger partial charge on any atom is 0.338 e. The normalized spacial score (nSPS) is 30.1. The van der Waals surface area contributed by atoms with E-state index < -0.39 is 11.6 Å². The number of carbonyl (C=O) groups is 1. The maximum absolute atomic E-state index is 11.4. The van der Waals surface area contributed by atoms with E-state index in [9.17, 15) is 9.90 Å². The second kappa shape index (κ2) is 5.12. The first kappa shape index (κ1) is 13.4.